The van der Waals surface area contributed by atoms with Crippen molar-refractivity contribution in [2.45, 2.75) is 31.8 Å². The van der Waals surface area contributed by atoms with Crippen molar-refractivity contribution >= 4 is 17.6 Å². The Morgan fingerprint density at radius 3 is 2.82 bits per heavy atom. The topological polar surface area (TPSA) is 57.5 Å². The fourth-order valence-corrected chi connectivity index (χ4v) is 2.78. The lowest BCUT2D eigenvalue weighted by Gasteiger charge is -2.24. The minimum absolute atomic E-state index is 0.328. The van der Waals surface area contributed by atoms with Crippen LogP contribution in [-0.4, -0.2) is 22.3 Å². The van der Waals surface area contributed by atoms with Gasteiger partial charge in [-0.1, -0.05) is 23.7 Å². The van der Waals surface area contributed by atoms with E-state index in [4.69, 9.17) is 11.6 Å². The standard InChI is InChI=1S/C13H15ClO3/c14-10-3-1-2-9(6-10)7-13(12(16)17)5-4-11(15)8-13/h1-3,6,11,15H,4-5,7-8H2,(H,16,17)/t11-,13-/m1/s1. The molecule has 0 heterocycles. The highest BCUT2D eigenvalue weighted by Crippen LogP contribution is 2.41. The maximum absolute atomic E-state index is 11.4. The van der Waals surface area contributed by atoms with Crippen LogP contribution in [0.4, 0.5) is 0 Å². The number of halogens is 1. The zero-order chi connectivity index (χ0) is 12.5. The summed E-state index contributed by atoms with van der Waals surface area (Å²) in [6, 6.07) is 7.25. The monoisotopic (exact) mass is 254 g/mol. The van der Waals surface area contributed by atoms with E-state index in [9.17, 15) is 15.0 Å². The number of benzene rings is 1. The molecule has 1 aromatic carbocycles. The van der Waals surface area contributed by atoms with Gasteiger partial charge >= 0.3 is 5.97 Å². The minimum atomic E-state index is -0.829. The van der Waals surface area contributed by atoms with E-state index in [0.717, 1.165) is 5.56 Å². The Morgan fingerprint density at radius 1 is 1.53 bits per heavy atom. The Labute approximate surface area is 105 Å². The summed E-state index contributed by atoms with van der Waals surface area (Å²) in [5.41, 5.74) is 0.0818. The molecule has 1 aliphatic rings. The molecule has 0 radical (unpaired) electrons. The van der Waals surface area contributed by atoms with Gasteiger partial charge in [0, 0.05) is 5.02 Å². The van der Waals surface area contributed by atoms with Crippen LogP contribution < -0.4 is 0 Å². The number of hydrogen-bond acceptors (Lipinski definition) is 2. The van der Waals surface area contributed by atoms with Gasteiger partial charge in [-0.15, -0.1) is 0 Å². The van der Waals surface area contributed by atoms with Crippen molar-refractivity contribution in [1.82, 2.24) is 0 Å². The van der Waals surface area contributed by atoms with Gasteiger partial charge in [0.15, 0.2) is 0 Å². The fourth-order valence-electron chi connectivity index (χ4n) is 2.57. The average Bonchev–Trinajstić information content (AvgIpc) is 2.61. The van der Waals surface area contributed by atoms with Crippen LogP contribution in [0, 0.1) is 5.41 Å². The number of hydrogen-bond donors (Lipinski definition) is 2. The summed E-state index contributed by atoms with van der Waals surface area (Å²) in [6.45, 7) is 0. The quantitative estimate of drug-likeness (QED) is 0.871. The fraction of sp³-hybridized carbons (Fsp3) is 0.462. The van der Waals surface area contributed by atoms with Crippen LogP contribution in [0.5, 0.6) is 0 Å². The number of rotatable bonds is 3. The van der Waals surface area contributed by atoms with Crippen LogP contribution in [0.3, 0.4) is 0 Å². The number of carbonyl (C=O) groups is 1. The molecule has 0 aromatic heterocycles. The van der Waals surface area contributed by atoms with Gasteiger partial charge in [0.2, 0.25) is 0 Å². The summed E-state index contributed by atoms with van der Waals surface area (Å²) >= 11 is 5.89. The first-order valence-corrected chi connectivity index (χ1v) is 6.05. The molecule has 2 N–H and O–H groups in total. The third kappa shape index (κ3) is 2.61. The first kappa shape index (κ1) is 12.4. The largest absolute Gasteiger partial charge is 0.481 e. The molecule has 17 heavy (non-hydrogen) atoms. The Morgan fingerprint density at radius 2 is 2.29 bits per heavy atom. The second-order valence-electron chi connectivity index (χ2n) is 4.79. The first-order chi connectivity index (χ1) is 8.02. The number of aliphatic hydroxyl groups is 1. The maximum atomic E-state index is 11.4. The summed E-state index contributed by atoms with van der Waals surface area (Å²) in [5.74, 6) is -0.825. The van der Waals surface area contributed by atoms with Crippen LogP contribution in [-0.2, 0) is 11.2 Å². The first-order valence-electron chi connectivity index (χ1n) is 5.68. The highest BCUT2D eigenvalue weighted by molar-refractivity contribution is 6.30. The van der Waals surface area contributed by atoms with E-state index < -0.39 is 17.5 Å². The Hall–Kier alpha value is -1.06. The van der Waals surface area contributed by atoms with Gasteiger partial charge in [0.05, 0.1) is 11.5 Å². The molecule has 1 aromatic rings. The lowest BCUT2D eigenvalue weighted by Crippen LogP contribution is -2.31. The van der Waals surface area contributed by atoms with Crippen molar-refractivity contribution < 1.29 is 15.0 Å². The summed E-state index contributed by atoms with van der Waals surface area (Å²) in [6.07, 6.45) is 1.35. The highest BCUT2D eigenvalue weighted by atomic mass is 35.5. The molecule has 1 aliphatic carbocycles. The van der Waals surface area contributed by atoms with Gasteiger partial charge in [-0.3, -0.25) is 4.79 Å². The molecule has 1 fully saturated rings. The molecule has 2 atom stereocenters. The summed E-state index contributed by atoms with van der Waals surface area (Å²) in [7, 11) is 0. The van der Waals surface area contributed by atoms with E-state index >= 15 is 0 Å². The molecule has 1 saturated carbocycles. The number of carboxylic acid groups (broad SMARTS) is 1. The van der Waals surface area contributed by atoms with Gasteiger partial charge in [0.25, 0.3) is 0 Å². The summed E-state index contributed by atoms with van der Waals surface area (Å²) in [5, 5.41) is 19.5. The Kier molecular flexibility index (Phi) is 3.40. The number of aliphatic hydroxyl groups excluding tert-OH is 1. The second kappa shape index (κ2) is 4.67. The Balaban J connectivity index is 2.22. The number of carboxylic acids is 1. The molecule has 0 unspecified atom stereocenters. The van der Waals surface area contributed by atoms with Crippen LogP contribution >= 0.6 is 11.6 Å². The predicted molar refractivity (Wildman–Crippen MR) is 65.1 cm³/mol. The maximum Gasteiger partial charge on any atom is 0.310 e. The number of aliphatic carboxylic acids is 1. The minimum Gasteiger partial charge on any atom is -0.481 e. The molecular formula is C13H15ClO3. The van der Waals surface area contributed by atoms with E-state index in [1.54, 1.807) is 12.1 Å². The summed E-state index contributed by atoms with van der Waals surface area (Å²) in [4.78, 5) is 11.4. The SMILES string of the molecule is O=C(O)[C@@]1(Cc2cccc(Cl)c2)CC[C@@H](O)C1. The zero-order valence-electron chi connectivity index (χ0n) is 9.40. The van der Waals surface area contributed by atoms with E-state index in [1.165, 1.54) is 0 Å². The lowest BCUT2D eigenvalue weighted by molar-refractivity contribution is -0.149. The molecule has 3 nitrogen and oxygen atoms in total. The zero-order valence-corrected chi connectivity index (χ0v) is 10.2. The smallest absolute Gasteiger partial charge is 0.310 e. The summed E-state index contributed by atoms with van der Waals surface area (Å²) < 4.78 is 0. The van der Waals surface area contributed by atoms with Crippen molar-refractivity contribution in [1.29, 1.82) is 0 Å². The van der Waals surface area contributed by atoms with Crippen molar-refractivity contribution in [3.63, 3.8) is 0 Å². The van der Waals surface area contributed by atoms with Crippen molar-refractivity contribution in [2.75, 3.05) is 0 Å². The molecule has 0 bridgehead atoms. The third-order valence-corrected chi connectivity index (χ3v) is 3.70. The molecule has 4 heteroatoms. The van der Waals surface area contributed by atoms with E-state index in [0.29, 0.717) is 30.7 Å². The van der Waals surface area contributed by atoms with Crippen molar-refractivity contribution in [2.24, 2.45) is 5.41 Å². The van der Waals surface area contributed by atoms with Gasteiger partial charge < -0.3 is 10.2 Å². The molecule has 0 spiro atoms. The predicted octanol–water partition coefficient (Wildman–Crippen LogP) is 2.50. The van der Waals surface area contributed by atoms with E-state index in [1.807, 2.05) is 12.1 Å². The average molecular weight is 255 g/mol. The highest BCUT2D eigenvalue weighted by Gasteiger charge is 2.44. The molecule has 0 saturated heterocycles. The van der Waals surface area contributed by atoms with Crippen LogP contribution in [0.15, 0.2) is 24.3 Å². The third-order valence-electron chi connectivity index (χ3n) is 3.47. The Bertz CT molecular complexity index is 432. The van der Waals surface area contributed by atoms with Gasteiger partial charge in [-0.05, 0) is 43.4 Å². The molecular weight excluding hydrogens is 240 g/mol. The second-order valence-corrected chi connectivity index (χ2v) is 5.23. The molecule has 2 rings (SSSR count). The molecule has 92 valence electrons. The van der Waals surface area contributed by atoms with Crippen molar-refractivity contribution in [3.8, 4) is 0 Å². The normalized spacial score (nSPS) is 28.2. The van der Waals surface area contributed by atoms with E-state index in [-0.39, 0.29) is 0 Å². The molecule has 0 amide bonds. The van der Waals surface area contributed by atoms with Crippen LogP contribution in [0.1, 0.15) is 24.8 Å². The lowest BCUT2D eigenvalue weighted by atomic mass is 9.80. The van der Waals surface area contributed by atoms with Crippen LogP contribution in [0.2, 0.25) is 5.02 Å². The van der Waals surface area contributed by atoms with Gasteiger partial charge in [0.1, 0.15) is 0 Å². The van der Waals surface area contributed by atoms with Gasteiger partial charge in [-0.25, -0.2) is 0 Å². The van der Waals surface area contributed by atoms with Crippen molar-refractivity contribution in [3.05, 3.63) is 34.9 Å². The van der Waals surface area contributed by atoms with Gasteiger partial charge in [-0.2, -0.15) is 0 Å². The van der Waals surface area contributed by atoms with E-state index in [2.05, 4.69) is 0 Å². The molecule has 0 aliphatic heterocycles. The van der Waals surface area contributed by atoms with Crippen LogP contribution in [0.25, 0.3) is 0 Å².